The van der Waals surface area contributed by atoms with Gasteiger partial charge in [-0.3, -0.25) is 0 Å². The molecule has 0 heterocycles. The summed E-state index contributed by atoms with van der Waals surface area (Å²) in [4.78, 5) is 0. The van der Waals surface area contributed by atoms with Crippen molar-refractivity contribution in [2.45, 2.75) is 72.6 Å². The molecule has 0 rings (SSSR count). The molecule has 0 aliphatic carbocycles. The lowest BCUT2D eigenvalue weighted by atomic mass is 9.88. The maximum absolute atomic E-state index is 2.32. The predicted octanol–water partition coefficient (Wildman–Crippen LogP) is 4.99. The second-order valence-electron chi connectivity index (χ2n) is 4.33. The first kappa shape index (κ1) is 13.0. The Morgan fingerprint density at radius 3 is 2.00 bits per heavy atom. The number of hydrogen-bond donors (Lipinski definition) is 0. The van der Waals surface area contributed by atoms with Crippen LogP contribution >= 0.6 is 0 Å². The second kappa shape index (κ2) is 8.59. The van der Waals surface area contributed by atoms with Gasteiger partial charge in [0.1, 0.15) is 0 Å². The standard InChI is InChI=1S/C13H27/c1-5-7-8-9-10-11-13(6-2)12(3)4/h12H,5-11H2,1-4H3. The van der Waals surface area contributed by atoms with E-state index >= 15 is 0 Å². The third-order valence-electron chi connectivity index (χ3n) is 2.87. The van der Waals surface area contributed by atoms with E-state index in [4.69, 9.17) is 0 Å². The van der Waals surface area contributed by atoms with E-state index in [0.717, 1.165) is 5.92 Å². The smallest absolute Gasteiger partial charge is 0.0218 e. The van der Waals surface area contributed by atoms with E-state index in [1.54, 1.807) is 5.92 Å². The van der Waals surface area contributed by atoms with Gasteiger partial charge < -0.3 is 0 Å². The Hall–Kier alpha value is 0. The summed E-state index contributed by atoms with van der Waals surface area (Å²) in [6.45, 7) is 9.22. The molecule has 1 radical (unpaired) electrons. The third kappa shape index (κ3) is 7.10. The molecule has 0 bridgehead atoms. The van der Waals surface area contributed by atoms with Gasteiger partial charge in [-0.25, -0.2) is 0 Å². The molecule has 0 aromatic heterocycles. The summed E-state index contributed by atoms with van der Waals surface area (Å²) in [6, 6.07) is 0. The number of unbranched alkanes of at least 4 members (excludes halogenated alkanes) is 4. The van der Waals surface area contributed by atoms with E-state index in [1.165, 1.54) is 44.9 Å². The molecule has 0 nitrogen and oxygen atoms in total. The predicted molar refractivity (Wildman–Crippen MR) is 61.7 cm³/mol. The second-order valence-corrected chi connectivity index (χ2v) is 4.33. The van der Waals surface area contributed by atoms with Crippen LogP contribution in [0.2, 0.25) is 0 Å². The average molecular weight is 183 g/mol. The number of hydrogen-bond acceptors (Lipinski definition) is 0. The van der Waals surface area contributed by atoms with Gasteiger partial charge in [0, 0.05) is 0 Å². The van der Waals surface area contributed by atoms with Crippen LogP contribution in [0.25, 0.3) is 0 Å². The van der Waals surface area contributed by atoms with Crippen LogP contribution in [-0.2, 0) is 0 Å². The molecule has 0 aromatic rings. The van der Waals surface area contributed by atoms with Gasteiger partial charge in [-0.1, -0.05) is 59.8 Å². The lowest BCUT2D eigenvalue weighted by Crippen LogP contribution is -2.04. The Bertz CT molecular complexity index is 94.2. The topological polar surface area (TPSA) is 0 Å². The van der Waals surface area contributed by atoms with Crippen molar-refractivity contribution in [2.75, 3.05) is 0 Å². The Kier molecular flexibility index (Phi) is 8.59. The van der Waals surface area contributed by atoms with Crippen LogP contribution in [0.5, 0.6) is 0 Å². The molecule has 0 aliphatic heterocycles. The fraction of sp³-hybridized carbons (Fsp3) is 0.923. The molecule has 13 heavy (non-hydrogen) atoms. The van der Waals surface area contributed by atoms with Gasteiger partial charge in [0.25, 0.3) is 0 Å². The average Bonchev–Trinajstić information content (AvgIpc) is 2.10. The van der Waals surface area contributed by atoms with E-state index in [0.29, 0.717) is 0 Å². The monoisotopic (exact) mass is 183 g/mol. The molecule has 0 aliphatic rings. The molecule has 0 atom stereocenters. The van der Waals surface area contributed by atoms with Crippen LogP contribution in [0.4, 0.5) is 0 Å². The third-order valence-corrected chi connectivity index (χ3v) is 2.87. The van der Waals surface area contributed by atoms with E-state index in [1.807, 2.05) is 0 Å². The van der Waals surface area contributed by atoms with Crippen molar-refractivity contribution >= 4 is 0 Å². The molecule has 0 amide bonds. The highest BCUT2D eigenvalue weighted by molar-refractivity contribution is 4.90. The van der Waals surface area contributed by atoms with Crippen molar-refractivity contribution in [2.24, 2.45) is 5.92 Å². The van der Waals surface area contributed by atoms with Gasteiger partial charge in [-0.05, 0) is 24.7 Å². The zero-order valence-corrected chi connectivity index (χ0v) is 10.0. The maximum atomic E-state index is 2.32. The Morgan fingerprint density at radius 1 is 0.923 bits per heavy atom. The quantitative estimate of drug-likeness (QED) is 0.465. The Balaban J connectivity index is 3.28. The van der Waals surface area contributed by atoms with E-state index in [2.05, 4.69) is 27.7 Å². The summed E-state index contributed by atoms with van der Waals surface area (Å²) in [7, 11) is 0. The number of rotatable bonds is 8. The van der Waals surface area contributed by atoms with Gasteiger partial charge in [-0.2, -0.15) is 0 Å². The van der Waals surface area contributed by atoms with Crippen LogP contribution in [0.3, 0.4) is 0 Å². The van der Waals surface area contributed by atoms with Crippen molar-refractivity contribution in [1.82, 2.24) is 0 Å². The van der Waals surface area contributed by atoms with Crippen LogP contribution in [-0.4, -0.2) is 0 Å². The van der Waals surface area contributed by atoms with Crippen LogP contribution in [0, 0.1) is 11.8 Å². The summed E-state index contributed by atoms with van der Waals surface area (Å²) in [5, 5.41) is 0. The van der Waals surface area contributed by atoms with Crippen molar-refractivity contribution in [1.29, 1.82) is 0 Å². The molecule has 0 spiro atoms. The lowest BCUT2D eigenvalue weighted by Gasteiger charge is -2.17. The van der Waals surface area contributed by atoms with Crippen molar-refractivity contribution < 1.29 is 0 Å². The van der Waals surface area contributed by atoms with Gasteiger partial charge in [0.15, 0.2) is 0 Å². The fourth-order valence-electron chi connectivity index (χ4n) is 1.83. The van der Waals surface area contributed by atoms with Crippen LogP contribution in [0.1, 0.15) is 72.6 Å². The SMILES string of the molecule is CCCCCCC[C](CC)C(C)C. The lowest BCUT2D eigenvalue weighted by molar-refractivity contribution is 0.525. The Morgan fingerprint density at radius 2 is 1.54 bits per heavy atom. The van der Waals surface area contributed by atoms with E-state index < -0.39 is 0 Å². The van der Waals surface area contributed by atoms with Crippen molar-refractivity contribution in [3.05, 3.63) is 5.92 Å². The summed E-state index contributed by atoms with van der Waals surface area (Å²) >= 11 is 0. The van der Waals surface area contributed by atoms with Gasteiger partial charge in [0.2, 0.25) is 0 Å². The minimum Gasteiger partial charge on any atom is -0.0654 e. The largest absolute Gasteiger partial charge is 0.0654 e. The van der Waals surface area contributed by atoms with Crippen LogP contribution < -0.4 is 0 Å². The molecule has 79 valence electrons. The van der Waals surface area contributed by atoms with Crippen LogP contribution in [0.15, 0.2) is 0 Å². The maximum Gasteiger partial charge on any atom is -0.0218 e. The van der Waals surface area contributed by atoms with Gasteiger partial charge in [-0.15, -0.1) is 0 Å². The minimum atomic E-state index is 0.802. The van der Waals surface area contributed by atoms with Gasteiger partial charge in [0.05, 0.1) is 0 Å². The van der Waals surface area contributed by atoms with Gasteiger partial charge >= 0.3 is 0 Å². The molecular formula is C13H27. The molecule has 0 saturated heterocycles. The molecule has 0 unspecified atom stereocenters. The van der Waals surface area contributed by atoms with Crippen molar-refractivity contribution in [3.63, 3.8) is 0 Å². The zero-order valence-electron chi connectivity index (χ0n) is 10.0. The highest BCUT2D eigenvalue weighted by Gasteiger charge is 2.10. The van der Waals surface area contributed by atoms with E-state index in [9.17, 15) is 0 Å². The molecule has 0 N–H and O–H groups in total. The first-order valence-corrected chi connectivity index (χ1v) is 6.06. The highest BCUT2D eigenvalue weighted by Crippen LogP contribution is 2.24. The zero-order chi connectivity index (χ0) is 10.1. The van der Waals surface area contributed by atoms with E-state index in [-0.39, 0.29) is 0 Å². The minimum absolute atomic E-state index is 0.802. The Labute approximate surface area is 85.1 Å². The van der Waals surface area contributed by atoms with Crippen molar-refractivity contribution in [3.8, 4) is 0 Å². The summed E-state index contributed by atoms with van der Waals surface area (Å²) in [5.41, 5.74) is 0. The first-order valence-electron chi connectivity index (χ1n) is 6.06. The molecule has 0 fully saturated rings. The molecular weight excluding hydrogens is 156 g/mol. The first-order chi connectivity index (χ1) is 6.22. The summed E-state index contributed by atoms with van der Waals surface area (Å²) in [5.74, 6) is 2.56. The molecule has 0 heteroatoms. The highest BCUT2D eigenvalue weighted by atomic mass is 14.1. The normalized spacial score (nSPS) is 11.5. The molecule has 0 aromatic carbocycles. The fourth-order valence-corrected chi connectivity index (χ4v) is 1.83. The summed E-state index contributed by atoms with van der Waals surface area (Å²) in [6.07, 6.45) is 9.72. The summed E-state index contributed by atoms with van der Waals surface area (Å²) < 4.78 is 0. The molecule has 0 saturated carbocycles.